The molecule has 1 aliphatic heterocycles. The fourth-order valence-corrected chi connectivity index (χ4v) is 3.15. The van der Waals surface area contributed by atoms with E-state index >= 15 is 0 Å². The molecule has 132 valence electrons. The lowest BCUT2D eigenvalue weighted by atomic mass is 10.2. The molecule has 5 nitrogen and oxygen atoms in total. The number of hydrogen-bond acceptors (Lipinski definition) is 3. The predicted molar refractivity (Wildman–Crippen MR) is 101 cm³/mol. The fourth-order valence-electron chi connectivity index (χ4n) is 2.69. The van der Waals surface area contributed by atoms with Crippen molar-refractivity contribution in [1.82, 2.24) is 10.2 Å². The number of amides is 2. The molecular weight excluding hydrogens is 361 g/mol. The Morgan fingerprint density at radius 1 is 1.04 bits per heavy atom. The Bertz CT molecular complexity index is 720. The standard InChI is InChI=1S/C18H19Cl2N3O2/c19-14-6-7-17(16(20)12-14)25-13-21-18(24)23-10-8-22(9-11-23)15-4-2-1-3-5-15/h1-7,12H,8-11,13H2,(H,21,24). The van der Waals surface area contributed by atoms with E-state index in [9.17, 15) is 4.79 Å². The van der Waals surface area contributed by atoms with E-state index in [0.29, 0.717) is 28.9 Å². The molecule has 1 N–H and O–H groups in total. The van der Waals surface area contributed by atoms with Gasteiger partial charge in [0.15, 0.2) is 6.73 Å². The van der Waals surface area contributed by atoms with Gasteiger partial charge in [-0.25, -0.2) is 4.79 Å². The zero-order valence-corrected chi connectivity index (χ0v) is 15.1. The van der Waals surface area contributed by atoms with Crippen molar-refractivity contribution in [2.24, 2.45) is 0 Å². The largest absolute Gasteiger partial charge is 0.472 e. The fraction of sp³-hybridized carbons (Fsp3) is 0.278. The molecule has 2 aromatic carbocycles. The van der Waals surface area contributed by atoms with E-state index < -0.39 is 0 Å². The smallest absolute Gasteiger partial charge is 0.320 e. The summed E-state index contributed by atoms with van der Waals surface area (Å²) in [7, 11) is 0. The summed E-state index contributed by atoms with van der Waals surface area (Å²) >= 11 is 11.9. The minimum absolute atomic E-state index is 0.0546. The van der Waals surface area contributed by atoms with E-state index in [2.05, 4.69) is 22.3 Å². The number of ether oxygens (including phenoxy) is 1. The second-order valence-electron chi connectivity index (χ2n) is 5.65. The molecule has 1 aliphatic rings. The quantitative estimate of drug-likeness (QED) is 0.820. The van der Waals surface area contributed by atoms with Crippen LogP contribution < -0.4 is 15.0 Å². The van der Waals surface area contributed by atoms with Crippen LogP contribution in [-0.2, 0) is 0 Å². The van der Waals surface area contributed by atoms with Crippen LogP contribution in [0.1, 0.15) is 0 Å². The zero-order valence-electron chi connectivity index (χ0n) is 13.6. The van der Waals surface area contributed by atoms with Crippen LogP contribution in [0.15, 0.2) is 48.5 Å². The van der Waals surface area contributed by atoms with Gasteiger partial charge in [-0.3, -0.25) is 0 Å². The molecule has 0 bridgehead atoms. The van der Waals surface area contributed by atoms with Crippen LogP contribution in [0.25, 0.3) is 0 Å². The first kappa shape index (κ1) is 17.7. The van der Waals surface area contributed by atoms with Crippen LogP contribution in [-0.4, -0.2) is 43.8 Å². The van der Waals surface area contributed by atoms with Gasteiger partial charge in [0.2, 0.25) is 0 Å². The highest BCUT2D eigenvalue weighted by atomic mass is 35.5. The van der Waals surface area contributed by atoms with E-state index in [1.165, 1.54) is 5.69 Å². The minimum atomic E-state index is -0.141. The molecule has 1 saturated heterocycles. The second kappa shape index (κ2) is 8.32. The third-order valence-corrected chi connectivity index (χ3v) is 4.56. The number of rotatable bonds is 4. The number of nitrogens with zero attached hydrogens (tertiary/aromatic N) is 2. The van der Waals surface area contributed by atoms with Crippen molar-refractivity contribution in [2.75, 3.05) is 37.8 Å². The normalized spacial score (nSPS) is 14.3. The number of halogens is 2. The molecule has 1 heterocycles. The first-order valence-corrected chi connectivity index (χ1v) is 8.80. The van der Waals surface area contributed by atoms with Gasteiger partial charge in [-0.2, -0.15) is 0 Å². The van der Waals surface area contributed by atoms with Crippen molar-refractivity contribution in [3.05, 3.63) is 58.6 Å². The molecule has 0 atom stereocenters. The summed E-state index contributed by atoms with van der Waals surface area (Å²) < 4.78 is 5.48. The Morgan fingerprint density at radius 3 is 2.44 bits per heavy atom. The summed E-state index contributed by atoms with van der Waals surface area (Å²) in [5.74, 6) is 0.486. The molecule has 1 fully saturated rings. The number of anilines is 1. The molecule has 0 aromatic heterocycles. The Kier molecular flexibility index (Phi) is 5.89. The summed E-state index contributed by atoms with van der Waals surface area (Å²) in [6.07, 6.45) is 0. The molecule has 0 radical (unpaired) electrons. The van der Waals surface area contributed by atoms with Crippen molar-refractivity contribution in [2.45, 2.75) is 0 Å². The third kappa shape index (κ3) is 4.71. The number of nitrogens with one attached hydrogen (secondary N) is 1. The number of carbonyl (C=O) groups excluding carboxylic acids is 1. The van der Waals surface area contributed by atoms with Crippen LogP contribution >= 0.6 is 23.2 Å². The second-order valence-corrected chi connectivity index (χ2v) is 6.50. The minimum Gasteiger partial charge on any atom is -0.472 e. The molecular formula is C18H19Cl2N3O2. The Labute approximate surface area is 157 Å². The predicted octanol–water partition coefficient (Wildman–Crippen LogP) is 3.86. The van der Waals surface area contributed by atoms with Crippen molar-refractivity contribution in [1.29, 1.82) is 0 Å². The average Bonchev–Trinajstić information content (AvgIpc) is 2.64. The van der Waals surface area contributed by atoms with Crippen molar-refractivity contribution in [3.63, 3.8) is 0 Å². The van der Waals surface area contributed by atoms with Gasteiger partial charge in [0.05, 0.1) is 5.02 Å². The Balaban J connectivity index is 1.43. The van der Waals surface area contributed by atoms with E-state index in [1.54, 1.807) is 23.1 Å². The first-order valence-electron chi connectivity index (χ1n) is 8.04. The molecule has 2 amide bonds. The third-order valence-electron chi connectivity index (χ3n) is 4.03. The van der Waals surface area contributed by atoms with Crippen LogP contribution in [0, 0.1) is 0 Å². The summed E-state index contributed by atoms with van der Waals surface area (Å²) in [6, 6.07) is 15.0. The Hall–Kier alpha value is -2.11. The highest BCUT2D eigenvalue weighted by molar-refractivity contribution is 6.35. The van der Waals surface area contributed by atoms with Gasteiger partial charge in [0, 0.05) is 36.9 Å². The molecule has 2 aromatic rings. The number of urea groups is 1. The van der Waals surface area contributed by atoms with E-state index in [0.717, 1.165) is 13.1 Å². The molecule has 0 unspecified atom stereocenters. The molecule has 0 spiro atoms. The van der Waals surface area contributed by atoms with Gasteiger partial charge < -0.3 is 19.9 Å². The van der Waals surface area contributed by atoms with E-state index in [4.69, 9.17) is 27.9 Å². The van der Waals surface area contributed by atoms with Gasteiger partial charge >= 0.3 is 6.03 Å². The number of para-hydroxylation sites is 1. The molecule has 3 rings (SSSR count). The van der Waals surface area contributed by atoms with Crippen LogP contribution in [0.3, 0.4) is 0 Å². The molecule has 0 saturated carbocycles. The lowest BCUT2D eigenvalue weighted by molar-refractivity contribution is 0.181. The van der Waals surface area contributed by atoms with Gasteiger partial charge in [-0.15, -0.1) is 0 Å². The maximum atomic E-state index is 12.2. The van der Waals surface area contributed by atoms with Gasteiger partial charge in [0.25, 0.3) is 0 Å². The van der Waals surface area contributed by atoms with Gasteiger partial charge in [-0.1, -0.05) is 41.4 Å². The van der Waals surface area contributed by atoms with Crippen molar-refractivity contribution < 1.29 is 9.53 Å². The van der Waals surface area contributed by atoms with E-state index in [1.807, 2.05) is 18.2 Å². The summed E-state index contributed by atoms with van der Waals surface area (Å²) in [5, 5.41) is 3.71. The van der Waals surface area contributed by atoms with Gasteiger partial charge in [-0.05, 0) is 30.3 Å². The monoisotopic (exact) mass is 379 g/mol. The average molecular weight is 380 g/mol. The lowest BCUT2D eigenvalue weighted by Crippen LogP contribution is -2.52. The maximum Gasteiger partial charge on any atom is 0.320 e. The summed E-state index contributed by atoms with van der Waals surface area (Å²) in [5.41, 5.74) is 1.18. The maximum absolute atomic E-state index is 12.2. The molecule has 25 heavy (non-hydrogen) atoms. The highest BCUT2D eigenvalue weighted by Gasteiger charge is 2.21. The summed E-state index contributed by atoms with van der Waals surface area (Å²) in [6.45, 7) is 3.01. The van der Waals surface area contributed by atoms with Crippen molar-refractivity contribution in [3.8, 4) is 5.75 Å². The SMILES string of the molecule is O=C(NCOc1ccc(Cl)cc1Cl)N1CCN(c2ccccc2)CC1. The Morgan fingerprint density at radius 2 is 1.76 bits per heavy atom. The molecule has 0 aliphatic carbocycles. The number of piperazine rings is 1. The number of carbonyl (C=O) groups is 1. The number of hydrogen-bond donors (Lipinski definition) is 1. The van der Waals surface area contributed by atoms with Crippen LogP contribution in [0.2, 0.25) is 10.0 Å². The van der Waals surface area contributed by atoms with Crippen molar-refractivity contribution >= 4 is 34.9 Å². The lowest BCUT2D eigenvalue weighted by Gasteiger charge is -2.36. The summed E-state index contributed by atoms with van der Waals surface area (Å²) in [4.78, 5) is 16.3. The topological polar surface area (TPSA) is 44.8 Å². The van der Waals surface area contributed by atoms with E-state index in [-0.39, 0.29) is 12.8 Å². The zero-order chi connectivity index (χ0) is 17.6. The highest BCUT2D eigenvalue weighted by Crippen LogP contribution is 2.27. The number of benzene rings is 2. The first-order chi connectivity index (χ1) is 12.1. The molecule has 7 heteroatoms. The van der Waals surface area contributed by atoms with Gasteiger partial charge in [0.1, 0.15) is 5.75 Å². The van der Waals surface area contributed by atoms with Crippen LogP contribution in [0.4, 0.5) is 10.5 Å². The van der Waals surface area contributed by atoms with Crippen LogP contribution in [0.5, 0.6) is 5.75 Å².